The fourth-order valence-electron chi connectivity index (χ4n) is 4.69. The van der Waals surface area contributed by atoms with Crippen molar-refractivity contribution in [3.63, 3.8) is 0 Å². The highest BCUT2D eigenvalue weighted by Crippen LogP contribution is 2.43. The van der Waals surface area contributed by atoms with Gasteiger partial charge in [-0.3, -0.25) is 14.4 Å². The number of carbonyl (C=O) groups excluding carboxylic acids is 3. The summed E-state index contributed by atoms with van der Waals surface area (Å²) in [5.41, 5.74) is 1.28. The minimum absolute atomic E-state index is 0.0256. The second-order valence-corrected chi connectivity index (χ2v) is 9.32. The van der Waals surface area contributed by atoms with Crippen LogP contribution in [0.5, 0.6) is 17.2 Å². The Morgan fingerprint density at radius 3 is 2.06 bits per heavy atom. The molecule has 0 saturated heterocycles. The van der Waals surface area contributed by atoms with Crippen LogP contribution in [0.2, 0.25) is 5.02 Å². The number of halogens is 1. The highest BCUT2D eigenvalue weighted by atomic mass is 35.5. The summed E-state index contributed by atoms with van der Waals surface area (Å²) >= 11 is 6.00. The Balaban J connectivity index is 1.48. The van der Waals surface area contributed by atoms with Crippen molar-refractivity contribution in [3.8, 4) is 17.2 Å². The van der Waals surface area contributed by atoms with Gasteiger partial charge in [-0.05, 0) is 55.2 Å². The van der Waals surface area contributed by atoms with Crippen LogP contribution < -0.4 is 14.2 Å². The molecule has 182 valence electrons. The van der Waals surface area contributed by atoms with Gasteiger partial charge in [0.1, 0.15) is 5.75 Å². The average Bonchev–Trinajstić information content (AvgIpc) is 2.82. The molecule has 3 aromatic rings. The molecule has 0 aliphatic heterocycles. The van der Waals surface area contributed by atoms with Crippen molar-refractivity contribution in [1.82, 2.24) is 0 Å². The first-order valence-corrected chi connectivity index (χ1v) is 12.1. The van der Waals surface area contributed by atoms with E-state index in [1.54, 1.807) is 24.3 Å². The summed E-state index contributed by atoms with van der Waals surface area (Å²) in [6, 6.07) is 16.5. The lowest BCUT2D eigenvalue weighted by Gasteiger charge is -2.28. The Morgan fingerprint density at radius 2 is 1.43 bits per heavy atom. The van der Waals surface area contributed by atoms with E-state index >= 15 is 0 Å². The van der Waals surface area contributed by atoms with Crippen molar-refractivity contribution in [2.75, 3.05) is 0 Å². The van der Waals surface area contributed by atoms with Gasteiger partial charge < -0.3 is 14.2 Å². The quantitative estimate of drug-likeness (QED) is 0.283. The van der Waals surface area contributed by atoms with Gasteiger partial charge >= 0.3 is 17.9 Å². The van der Waals surface area contributed by atoms with E-state index in [4.69, 9.17) is 25.8 Å². The van der Waals surface area contributed by atoms with Crippen LogP contribution in [0.1, 0.15) is 57.4 Å². The fourth-order valence-corrected chi connectivity index (χ4v) is 4.82. The maximum Gasteiger partial charge on any atom is 0.311 e. The number of esters is 3. The van der Waals surface area contributed by atoms with E-state index in [9.17, 15) is 14.4 Å². The van der Waals surface area contributed by atoms with Crippen LogP contribution in [0.25, 0.3) is 10.8 Å². The van der Waals surface area contributed by atoms with Gasteiger partial charge in [0.2, 0.25) is 0 Å². The van der Waals surface area contributed by atoms with Crippen molar-refractivity contribution < 1.29 is 28.6 Å². The molecule has 3 aromatic carbocycles. The molecular formula is C28H27ClO6. The Morgan fingerprint density at radius 1 is 0.800 bits per heavy atom. The Bertz CT molecular complexity index is 1240. The predicted molar refractivity (Wildman–Crippen MR) is 133 cm³/mol. The Hall–Kier alpha value is -3.38. The lowest BCUT2D eigenvalue weighted by molar-refractivity contribution is -0.136. The topological polar surface area (TPSA) is 78.9 Å². The largest absolute Gasteiger partial charge is 0.426 e. The third-order valence-electron chi connectivity index (χ3n) is 6.29. The molecule has 1 fully saturated rings. The zero-order valence-corrected chi connectivity index (χ0v) is 20.5. The highest BCUT2D eigenvalue weighted by Gasteiger charge is 2.26. The molecule has 6 nitrogen and oxygen atoms in total. The molecule has 0 radical (unpaired) electrons. The normalized spacial score (nSPS) is 17.6. The van der Waals surface area contributed by atoms with Gasteiger partial charge in [-0.2, -0.15) is 0 Å². The number of benzene rings is 3. The second-order valence-electron chi connectivity index (χ2n) is 8.88. The lowest BCUT2D eigenvalue weighted by atomic mass is 9.77. The molecule has 0 amide bonds. The average molecular weight is 495 g/mol. The van der Waals surface area contributed by atoms with Gasteiger partial charge in [-0.15, -0.1) is 0 Å². The van der Waals surface area contributed by atoms with E-state index in [1.807, 2.05) is 12.1 Å². The maximum absolute atomic E-state index is 12.9. The Labute approximate surface area is 209 Å². The minimum atomic E-state index is -0.580. The molecule has 35 heavy (non-hydrogen) atoms. The number of ether oxygens (including phenoxy) is 3. The lowest BCUT2D eigenvalue weighted by Crippen LogP contribution is -2.19. The second kappa shape index (κ2) is 10.9. The first kappa shape index (κ1) is 24.7. The molecule has 0 N–H and O–H groups in total. The van der Waals surface area contributed by atoms with Crippen LogP contribution >= 0.6 is 11.6 Å². The van der Waals surface area contributed by atoms with Crippen LogP contribution in [0, 0.1) is 5.92 Å². The standard InChI is InChI=1S/C28H27ClO6/c1-17(30)33-26-16-25(23-5-3-4-6-24(23)28(26)34-18(2)31)35-27(32)15-19-7-9-20(10-8-19)21-11-13-22(29)14-12-21/h3-6,11-14,16,19-20H,7-10,15H2,1-2H3. The molecule has 0 heterocycles. The molecule has 0 aromatic heterocycles. The number of fused-ring (bicyclic) bond motifs is 1. The van der Waals surface area contributed by atoms with E-state index < -0.39 is 11.9 Å². The van der Waals surface area contributed by atoms with Gasteiger partial charge in [0.25, 0.3) is 0 Å². The van der Waals surface area contributed by atoms with Gasteiger partial charge in [-0.25, -0.2) is 0 Å². The number of rotatable bonds is 6. The molecule has 7 heteroatoms. The molecule has 0 unspecified atom stereocenters. The van der Waals surface area contributed by atoms with Crippen molar-refractivity contribution in [2.24, 2.45) is 5.92 Å². The number of hydrogen-bond acceptors (Lipinski definition) is 6. The van der Waals surface area contributed by atoms with Gasteiger partial charge in [0.15, 0.2) is 11.5 Å². The van der Waals surface area contributed by atoms with E-state index in [1.165, 1.54) is 25.5 Å². The highest BCUT2D eigenvalue weighted by molar-refractivity contribution is 6.30. The van der Waals surface area contributed by atoms with E-state index in [-0.39, 0.29) is 29.1 Å². The van der Waals surface area contributed by atoms with Gasteiger partial charge in [0.05, 0.1) is 0 Å². The molecule has 1 aliphatic carbocycles. The molecule has 4 rings (SSSR count). The molecular weight excluding hydrogens is 468 g/mol. The third kappa shape index (κ3) is 6.20. The Kier molecular flexibility index (Phi) is 7.71. The van der Waals surface area contributed by atoms with Gasteiger partial charge in [-0.1, -0.05) is 48.0 Å². The first-order valence-electron chi connectivity index (χ1n) is 11.7. The van der Waals surface area contributed by atoms with Crippen LogP contribution in [0.4, 0.5) is 0 Å². The monoisotopic (exact) mass is 494 g/mol. The summed E-state index contributed by atoms with van der Waals surface area (Å²) in [5, 5.41) is 1.82. The van der Waals surface area contributed by atoms with Crippen LogP contribution in [-0.2, 0) is 14.4 Å². The minimum Gasteiger partial charge on any atom is -0.426 e. The van der Waals surface area contributed by atoms with E-state index in [0.29, 0.717) is 23.1 Å². The smallest absolute Gasteiger partial charge is 0.311 e. The summed E-state index contributed by atoms with van der Waals surface area (Å²) in [6.07, 6.45) is 4.20. The molecule has 0 bridgehead atoms. The maximum atomic E-state index is 12.9. The SMILES string of the molecule is CC(=O)Oc1cc(OC(=O)CC2CCC(c3ccc(Cl)cc3)CC2)c2ccccc2c1OC(C)=O. The summed E-state index contributed by atoms with van der Waals surface area (Å²) < 4.78 is 16.4. The van der Waals surface area contributed by atoms with Gasteiger partial charge in [0, 0.05) is 42.1 Å². The fraction of sp³-hybridized carbons (Fsp3) is 0.321. The zero-order chi connectivity index (χ0) is 24.9. The summed E-state index contributed by atoms with van der Waals surface area (Å²) in [7, 11) is 0. The van der Waals surface area contributed by atoms with Crippen molar-refractivity contribution in [3.05, 3.63) is 65.2 Å². The number of carbonyl (C=O) groups is 3. The third-order valence-corrected chi connectivity index (χ3v) is 6.54. The molecule has 0 atom stereocenters. The van der Waals surface area contributed by atoms with Crippen LogP contribution in [0.15, 0.2) is 54.6 Å². The van der Waals surface area contributed by atoms with Crippen LogP contribution in [-0.4, -0.2) is 17.9 Å². The van der Waals surface area contributed by atoms with Crippen molar-refractivity contribution in [1.29, 1.82) is 0 Å². The first-order chi connectivity index (χ1) is 16.8. The summed E-state index contributed by atoms with van der Waals surface area (Å²) in [6.45, 7) is 2.51. The molecule has 1 saturated carbocycles. The van der Waals surface area contributed by atoms with Crippen molar-refractivity contribution >= 4 is 40.3 Å². The zero-order valence-electron chi connectivity index (χ0n) is 19.7. The van der Waals surface area contributed by atoms with E-state index in [2.05, 4.69) is 12.1 Å². The van der Waals surface area contributed by atoms with Crippen LogP contribution in [0.3, 0.4) is 0 Å². The molecule has 0 spiro atoms. The summed E-state index contributed by atoms with van der Waals surface area (Å²) in [5.74, 6) is -0.368. The number of hydrogen-bond donors (Lipinski definition) is 0. The van der Waals surface area contributed by atoms with E-state index in [0.717, 1.165) is 30.7 Å². The summed E-state index contributed by atoms with van der Waals surface area (Å²) in [4.78, 5) is 36.2. The molecule has 1 aliphatic rings. The predicted octanol–water partition coefficient (Wildman–Crippen LogP) is 6.61. The van der Waals surface area contributed by atoms with Crippen molar-refractivity contribution in [2.45, 2.75) is 51.9 Å².